The van der Waals surface area contributed by atoms with Crippen molar-refractivity contribution < 1.29 is 19.1 Å². The number of piperidine rings is 1. The van der Waals surface area contributed by atoms with Gasteiger partial charge in [-0.1, -0.05) is 6.92 Å². The molecule has 1 unspecified atom stereocenters. The van der Waals surface area contributed by atoms with Crippen molar-refractivity contribution in [2.45, 2.75) is 45.6 Å². The number of amides is 2. The van der Waals surface area contributed by atoms with Gasteiger partial charge < -0.3 is 15.0 Å². The Balaban J connectivity index is 2.00. The van der Waals surface area contributed by atoms with E-state index in [1.54, 1.807) is 31.2 Å². The normalized spacial score (nSPS) is 17.6. The van der Waals surface area contributed by atoms with Crippen molar-refractivity contribution in [3.8, 4) is 0 Å². The predicted molar refractivity (Wildman–Crippen MR) is 99.8 cm³/mol. The van der Waals surface area contributed by atoms with Crippen LogP contribution in [0.1, 0.15) is 49.9 Å². The Kier molecular flexibility index (Phi) is 6.95. The molecule has 6 nitrogen and oxygen atoms in total. The molecule has 26 heavy (non-hydrogen) atoms. The van der Waals surface area contributed by atoms with Gasteiger partial charge in [-0.05, 0) is 56.9 Å². The van der Waals surface area contributed by atoms with Crippen molar-refractivity contribution in [1.29, 1.82) is 0 Å². The molecule has 1 heterocycles. The number of likely N-dealkylation sites (tertiary alicyclic amines) is 1. The zero-order chi connectivity index (χ0) is 19.1. The first-order valence-electron chi connectivity index (χ1n) is 8.95. The highest BCUT2D eigenvalue weighted by Crippen LogP contribution is 2.20. The molecule has 0 saturated carbocycles. The van der Waals surface area contributed by atoms with Crippen LogP contribution in [0.25, 0.3) is 0 Å². The Bertz CT molecular complexity index is 694. The zero-order valence-corrected chi connectivity index (χ0v) is 15.6. The zero-order valence-electron chi connectivity index (χ0n) is 15.6. The highest BCUT2D eigenvalue weighted by molar-refractivity contribution is 6.07. The maximum atomic E-state index is 12.5. The van der Waals surface area contributed by atoms with E-state index >= 15 is 0 Å². The number of ether oxygens (including phenoxy) is 1. The van der Waals surface area contributed by atoms with Gasteiger partial charge in [0.05, 0.1) is 12.7 Å². The molecule has 0 aromatic heterocycles. The molecule has 6 heteroatoms. The molecule has 1 aromatic carbocycles. The van der Waals surface area contributed by atoms with Gasteiger partial charge in [0.2, 0.25) is 5.91 Å². The summed E-state index contributed by atoms with van der Waals surface area (Å²) in [6.45, 7) is 4.45. The minimum absolute atomic E-state index is 0.106. The number of anilines is 1. The monoisotopic (exact) mass is 358 g/mol. The molecular formula is C20H26N2O4. The third-order valence-corrected chi connectivity index (χ3v) is 4.64. The summed E-state index contributed by atoms with van der Waals surface area (Å²) in [7, 11) is 1.31. The van der Waals surface area contributed by atoms with Gasteiger partial charge in [0, 0.05) is 29.9 Å². The lowest BCUT2D eigenvalue weighted by Gasteiger charge is -2.34. The van der Waals surface area contributed by atoms with Gasteiger partial charge in [-0.25, -0.2) is 4.79 Å². The van der Waals surface area contributed by atoms with Crippen molar-refractivity contribution in [2.75, 3.05) is 19.0 Å². The first-order chi connectivity index (χ1) is 12.5. The van der Waals surface area contributed by atoms with Gasteiger partial charge in [0.15, 0.2) is 0 Å². The Hall–Kier alpha value is -2.63. The van der Waals surface area contributed by atoms with E-state index in [-0.39, 0.29) is 17.9 Å². The summed E-state index contributed by atoms with van der Waals surface area (Å²) < 4.78 is 4.64. The summed E-state index contributed by atoms with van der Waals surface area (Å²) in [6.07, 6.45) is 5.51. The van der Waals surface area contributed by atoms with Crippen LogP contribution in [-0.2, 0) is 14.3 Å². The van der Waals surface area contributed by atoms with Gasteiger partial charge in [0.1, 0.15) is 0 Å². The number of hydrogen-bond donors (Lipinski definition) is 1. The number of nitrogens with one attached hydrogen (secondary N) is 1. The van der Waals surface area contributed by atoms with Crippen molar-refractivity contribution in [3.63, 3.8) is 0 Å². The predicted octanol–water partition coefficient (Wildman–Crippen LogP) is 3.15. The molecule has 1 atom stereocenters. The summed E-state index contributed by atoms with van der Waals surface area (Å²) in [5.41, 5.74) is 1.31. The fourth-order valence-corrected chi connectivity index (χ4v) is 3.09. The Labute approximate surface area is 154 Å². The second-order valence-electron chi connectivity index (χ2n) is 6.44. The average Bonchev–Trinajstić information content (AvgIpc) is 2.67. The van der Waals surface area contributed by atoms with E-state index in [9.17, 15) is 14.4 Å². The van der Waals surface area contributed by atoms with Crippen LogP contribution >= 0.6 is 0 Å². The van der Waals surface area contributed by atoms with Crippen LogP contribution in [0.15, 0.2) is 35.9 Å². The third kappa shape index (κ3) is 4.94. The maximum Gasteiger partial charge on any atom is 0.337 e. The van der Waals surface area contributed by atoms with Crippen LogP contribution in [0.2, 0.25) is 0 Å². The quantitative estimate of drug-likeness (QED) is 0.648. The summed E-state index contributed by atoms with van der Waals surface area (Å²) >= 11 is 0. The third-order valence-electron chi connectivity index (χ3n) is 4.64. The molecule has 0 bridgehead atoms. The SMILES string of the molecule is CCC1CCCCN1C(=O)/C=C(\C)C(=O)Nc1ccc(C(=O)OC)cc1. The number of rotatable bonds is 5. The second kappa shape index (κ2) is 9.17. The minimum Gasteiger partial charge on any atom is -0.465 e. The second-order valence-corrected chi connectivity index (χ2v) is 6.44. The van der Waals surface area contributed by atoms with Gasteiger partial charge in [0.25, 0.3) is 5.91 Å². The van der Waals surface area contributed by atoms with Crippen LogP contribution in [-0.4, -0.2) is 42.4 Å². The highest BCUT2D eigenvalue weighted by atomic mass is 16.5. The van der Waals surface area contributed by atoms with E-state index in [1.807, 2.05) is 4.90 Å². The fourth-order valence-electron chi connectivity index (χ4n) is 3.09. The van der Waals surface area contributed by atoms with Crippen LogP contribution < -0.4 is 5.32 Å². The summed E-state index contributed by atoms with van der Waals surface area (Å²) in [5, 5.41) is 2.73. The van der Waals surface area contributed by atoms with Crippen LogP contribution in [0.4, 0.5) is 5.69 Å². The van der Waals surface area contributed by atoms with Crippen LogP contribution in [0.3, 0.4) is 0 Å². The number of hydrogen-bond acceptors (Lipinski definition) is 4. The van der Waals surface area contributed by atoms with E-state index in [4.69, 9.17) is 0 Å². The number of methoxy groups -OCH3 is 1. The molecular weight excluding hydrogens is 332 g/mol. The number of carbonyl (C=O) groups excluding carboxylic acids is 3. The molecule has 1 saturated heterocycles. The van der Waals surface area contributed by atoms with E-state index in [0.717, 1.165) is 32.2 Å². The summed E-state index contributed by atoms with van der Waals surface area (Å²) in [5.74, 6) is -0.879. The molecule has 1 fully saturated rings. The van der Waals surface area contributed by atoms with Gasteiger partial charge >= 0.3 is 5.97 Å². The van der Waals surface area contributed by atoms with Crippen molar-refractivity contribution in [3.05, 3.63) is 41.5 Å². The van der Waals surface area contributed by atoms with E-state index in [0.29, 0.717) is 16.8 Å². The number of esters is 1. The number of benzene rings is 1. The minimum atomic E-state index is -0.434. The molecule has 0 spiro atoms. The molecule has 140 valence electrons. The van der Waals surface area contributed by atoms with Crippen LogP contribution in [0.5, 0.6) is 0 Å². The van der Waals surface area contributed by atoms with Crippen molar-refractivity contribution in [1.82, 2.24) is 4.90 Å². The van der Waals surface area contributed by atoms with Crippen LogP contribution in [0, 0.1) is 0 Å². The van der Waals surface area contributed by atoms with E-state index in [1.165, 1.54) is 13.2 Å². The van der Waals surface area contributed by atoms with Crippen molar-refractivity contribution in [2.24, 2.45) is 0 Å². The number of nitrogens with zero attached hydrogens (tertiary/aromatic N) is 1. The molecule has 1 aromatic rings. The molecule has 1 aliphatic rings. The lowest BCUT2D eigenvalue weighted by molar-refractivity contribution is -0.130. The Morgan fingerprint density at radius 2 is 1.92 bits per heavy atom. The largest absolute Gasteiger partial charge is 0.465 e. The molecule has 0 radical (unpaired) electrons. The average molecular weight is 358 g/mol. The highest BCUT2D eigenvalue weighted by Gasteiger charge is 2.24. The Morgan fingerprint density at radius 3 is 2.54 bits per heavy atom. The van der Waals surface area contributed by atoms with Gasteiger partial charge in [-0.15, -0.1) is 0 Å². The summed E-state index contributed by atoms with van der Waals surface area (Å²) in [4.78, 5) is 38.1. The molecule has 2 rings (SSSR count). The number of carbonyl (C=O) groups is 3. The van der Waals surface area contributed by atoms with E-state index in [2.05, 4.69) is 17.0 Å². The van der Waals surface area contributed by atoms with E-state index < -0.39 is 5.97 Å². The Morgan fingerprint density at radius 1 is 1.23 bits per heavy atom. The summed E-state index contributed by atoms with van der Waals surface area (Å²) in [6, 6.07) is 6.65. The molecule has 2 amide bonds. The van der Waals surface area contributed by atoms with Crippen molar-refractivity contribution >= 4 is 23.5 Å². The van der Waals surface area contributed by atoms with Gasteiger partial charge in [-0.2, -0.15) is 0 Å². The smallest absolute Gasteiger partial charge is 0.337 e. The first kappa shape index (κ1) is 19.7. The topological polar surface area (TPSA) is 75.7 Å². The lowest BCUT2D eigenvalue weighted by Crippen LogP contribution is -2.42. The molecule has 1 N–H and O–H groups in total. The standard InChI is InChI=1S/C20H26N2O4/c1-4-17-7-5-6-12-22(17)18(23)13-14(2)19(24)21-16-10-8-15(9-11-16)20(25)26-3/h8-11,13,17H,4-7,12H2,1-3H3,(H,21,24)/b14-13+. The maximum absolute atomic E-state index is 12.5. The fraction of sp³-hybridized carbons (Fsp3) is 0.450. The lowest BCUT2D eigenvalue weighted by atomic mass is 10.00. The van der Waals surface area contributed by atoms with Gasteiger partial charge in [-0.3, -0.25) is 9.59 Å². The first-order valence-corrected chi connectivity index (χ1v) is 8.95. The molecule has 1 aliphatic heterocycles. The molecule has 0 aliphatic carbocycles.